The lowest BCUT2D eigenvalue weighted by molar-refractivity contribution is -0.118. The Hall–Kier alpha value is -4.21. The molecule has 0 saturated carbocycles. The van der Waals surface area contributed by atoms with Crippen LogP contribution < -0.4 is 11.4 Å². The molecule has 0 aliphatic carbocycles. The van der Waals surface area contributed by atoms with Gasteiger partial charge >= 0.3 is 5.69 Å². The molecule has 0 fully saturated rings. The van der Waals surface area contributed by atoms with Gasteiger partial charge in [-0.25, -0.2) is 23.1 Å². The van der Waals surface area contributed by atoms with Crippen LogP contribution in [0.2, 0.25) is 0 Å². The highest BCUT2D eigenvalue weighted by Gasteiger charge is 2.24. The number of pyridine rings is 2. The zero-order valence-corrected chi connectivity index (χ0v) is 19.3. The van der Waals surface area contributed by atoms with Crippen LogP contribution >= 0.6 is 0 Å². The molecule has 3 aromatic heterocycles. The molecule has 0 aliphatic rings. The van der Waals surface area contributed by atoms with Gasteiger partial charge in [0.1, 0.15) is 17.3 Å². The molecule has 0 unspecified atom stereocenters. The van der Waals surface area contributed by atoms with Gasteiger partial charge in [0.2, 0.25) is 5.91 Å². The van der Waals surface area contributed by atoms with Gasteiger partial charge in [0.05, 0.1) is 22.6 Å². The van der Waals surface area contributed by atoms with Crippen LogP contribution in [0.3, 0.4) is 0 Å². The van der Waals surface area contributed by atoms with Crippen LogP contribution in [0.25, 0.3) is 28.0 Å². The zero-order valence-electron chi connectivity index (χ0n) is 19.3. The summed E-state index contributed by atoms with van der Waals surface area (Å²) in [5.41, 5.74) is 5.45. The monoisotopic (exact) mass is 479 g/mol. The van der Waals surface area contributed by atoms with Crippen molar-refractivity contribution in [1.82, 2.24) is 19.5 Å². The molecule has 0 bridgehead atoms. The number of aryl methyl sites for hydroxylation is 2. The van der Waals surface area contributed by atoms with Gasteiger partial charge in [-0.1, -0.05) is 19.9 Å². The Morgan fingerprint density at radius 2 is 1.91 bits per heavy atom. The lowest BCUT2D eigenvalue weighted by Gasteiger charge is -2.19. The van der Waals surface area contributed by atoms with Gasteiger partial charge < -0.3 is 10.8 Å². The predicted molar refractivity (Wildman–Crippen MR) is 126 cm³/mol. The molecule has 4 rings (SSSR count). The Bertz CT molecular complexity index is 1510. The van der Waals surface area contributed by atoms with Crippen molar-refractivity contribution < 1.29 is 18.7 Å². The van der Waals surface area contributed by atoms with Gasteiger partial charge in [0.15, 0.2) is 11.5 Å². The number of primary amides is 1. The Morgan fingerprint density at radius 3 is 2.57 bits per heavy atom. The van der Waals surface area contributed by atoms with Crippen LogP contribution in [0.4, 0.5) is 8.78 Å². The van der Waals surface area contributed by atoms with Gasteiger partial charge in [-0.05, 0) is 49.1 Å². The third-order valence-electron chi connectivity index (χ3n) is 5.66. The first-order valence-electron chi connectivity index (χ1n) is 10.9. The van der Waals surface area contributed by atoms with Gasteiger partial charge in [-0.3, -0.25) is 9.78 Å². The molecule has 35 heavy (non-hydrogen) atoms. The van der Waals surface area contributed by atoms with Gasteiger partial charge in [-0.2, -0.15) is 4.98 Å². The van der Waals surface area contributed by atoms with Crippen molar-refractivity contribution >= 4 is 16.9 Å². The molecule has 0 atom stereocenters. The smallest absolute Gasteiger partial charge is 0.354 e. The highest BCUT2D eigenvalue weighted by atomic mass is 19.1. The van der Waals surface area contributed by atoms with Crippen molar-refractivity contribution in [3.63, 3.8) is 0 Å². The number of nitrogens with zero attached hydrogens (tertiary/aromatic N) is 4. The average Bonchev–Trinajstić information content (AvgIpc) is 2.78. The molecular formula is C25H23F2N5O3. The fraction of sp³-hybridized carbons (Fsp3) is 0.240. The molecule has 0 aliphatic heterocycles. The van der Waals surface area contributed by atoms with Crippen LogP contribution in [0.5, 0.6) is 5.75 Å². The number of nitrogens with two attached hydrogens (primary N) is 1. The predicted octanol–water partition coefficient (Wildman–Crippen LogP) is 3.68. The topological polar surface area (TPSA) is 124 Å². The van der Waals surface area contributed by atoms with Crippen LogP contribution in [0.15, 0.2) is 41.3 Å². The number of hydrogen-bond acceptors (Lipinski definition) is 6. The summed E-state index contributed by atoms with van der Waals surface area (Å²) < 4.78 is 31.1. The summed E-state index contributed by atoms with van der Waals surface area (Å²) >= 11 is 0. The number of benzene rings is 1. The maximum absolute atomic E-state index is 15.3. The number of aromatic nitrogens is 4. The minimum Gasteiger partial charge on any atom is -0.507 e. The van der Waals surface area contributed by atoms with E-state index in [2.05, 4.69) is 15.0 Å². The second kappa shape index (κ2) is 9.21. The van der Waals surface area contributed by atoms with E-state index in [9.17, 15) is 19.1 Å². The second-order valence-corrected chi connectivity index (χ2v) is 8.48. The van der Waals surface area contributed by atoms with Crippen molar-refractivity contribution in [3.8, 4) is 22.7 Å². The Morgan fingerprint density at radius 1 is 1.17 bits per heavy atom. The van der Waals surface area contributed by atoms with Gasteiger partial charge in [0, 0.05) is 18.0 Å². The quantitative estimate of drug-likeness (QED) is 0.435. The highest BCUT2D eigenvalue weighted by Crippen LogP contribution is 2.35. The van der Waals surface area contributed by atoms with E-state index in [1.54, 1.807) is 19.2 Å². The lowest BCUT2D eigenvalue weighted by atomic mass is 10.0. The molecule has 1 amide bonds. The molecule has 4 aromatic rings. The Labute approximate surface area is 199 Å². The number of halogens is 2. The number of phenolic OH excluding ortho intramolecular Hbond substituents is 1. The number of carbonyl (C=O) groups is 1. The number of rotatable bonds is 6. The first-order valence-corrected chi connectivity index (χ1v) is 10.9. The summed E-state index contributed by atoms with van der Waals surface area (Å²) in [5.74, 6) is -3.02. The van der Waals surface area contributed by atoms with E-state index < -0.39 is 40.2 Å². The van der Waals surface area contributed by atoms with Crippen molar-refractivity contribution in [2.45, 2.75) is 39.5 Å². The minimum absolute atomic E-state index is 0.0125. The van der Waals surface area contributed by atoms with Gasteiger partial charge in [-0.15, -0.1) is 0 Å². The standard InChI is InChI=1S/C25H23F2N5O3/c1-12(2)21-23(13(3)9-10-29-21)32-24-14(17(30-25(32)35)7-8-19(28)34)11-16(27)22(31-24)20-15(26)5-4-6-18(20)33/h4-6,9-12,33H,7-8H2,1-3H3,(H2,28,34). The fourth-order valence-electron chi connectivity index (χ4n) is 4.02. The molecule has 8 nitrogen and oxygen atoms in total. The number of phenols is 1. The summed E-state index contributed by atoms with van der Waals surface area (Å²) in [7, 11) is 0. The molecule has 0 spiro atoms. The van der Waals surface area contributed by atoms with Gasteiger partial charge in [0.25, 0.3) is 0 Å². The molecule has 1 aromatic carbocycles. The SMILES string of the molecule is Cc1ccnc(C(C)C)c1-n1c(=O)nc(CCC(N)=O)c2cc(F)c(-c3c(O)cccc3F)nc21. The number of amides is 1. The Balaban J connectivity index is 2.16. The van der Waals surface area contributed by atoms with Crippen molar-refractivity contribution in [2.24, 2.45) is 5.73 Å². The van der Waals surface area contributed by atoms with E-state index in [0.717, 1.165) is 12.1 Å². The third kappa shape index (κ3) is 4.34. The third-order valence-corrected chi connectivity index (χ3v) is 5.66. The highest BCUT2D eigenvalue weighted by molar-refractivity contribution is 5.84. The van der Waals surface area contributed by atoms with Crippen LogP contribution in [-0.4, -0.2) is 30.5 Å². The van der Waals surface area contributed by atoms with Crippen molar-refractivity contribution in [1.29, 1.82) is 0 Å². The number of carbonyl (C=O) groups excluding carboxylic acids is 1. The lowest BCUT2D eigenvalue weighted by Crippen LogP contribution is -2.27. The summed E-state index contributed by atoms with van der Waals surface area (Å²) in [4.78, 5) is 37.6. The van der Waals surface area contributed by atoms with E-state index in [4.69, 9.17) is 5.73 Å². The number of hydrogen-bond donors (Lipinski definition) is 2. The summed E-state index contributed by atoms with van der Waals surface area (Å²) in [5, 5.41) is 10.4. The first kappa shape index (κ1) is 23.9. The van der Waals surface area contributed by atoms with E-state index >= 15 is 4.39 Å². The molecule has 180 valence electrons. The van der Waals surface area contributed by atoms with Crippen LogP contribution in [0.1, 0.15) is 43.1 Å². The number of fused-ring (bicyclic) bond motifs is 1. The summed E-state index contributed by atoms with van der Waals surface area (Å²) in [6.45, 7) is 5.60. The van der Waals surface area contributed by atoms with Crippen LogP contribution in [-0.2, 0) is 11.2 Å². The molecule has 10 heteroatoms. The Kier molecular flexibility index (Phi) is 6.29. The zero-order chi connectivity index (χ0) is 25.4. The maximum Gasteiger partial charge on any atom is 0.354 e. The van der Waals surface area contributed by atoms with E-state index in [0.29, 0.717) is 16.9 Å². The van der Waals surface area contributed by atoms with E-state index in [-0.39, 0.29) is 35.5 Å². The second-order valence-electron chi connectivity index (χ2n) is 8.48. The molecule has 0 radical (unpaired) electrons. The fourth-order valence-corrected chi connectivity index (χ4v) is 4.02. The van der Waals surface area contributed by atoms with Crippen LogP contribution in [0, 0.1) is 18.6 Å². The summed E-state index contributed by atoms with van der Waals surface area (Å²) in [6, 6.07) is 6.35. The summed E-state index contributed by atoms with van der Waals surface area (Å²) in [6.07, 6.45) is 1.48. The largest absolute Gasteiger partial charge is 0.507 e. The normalized spacial score (nSPS) is 11.4. The first-order chi connectivity index (χ1) is 16.6. The average molecular weight is 479 g/mol. The molecule has 3 heterocycles. The van der Waals surface area contributed by atoms with Crippen molar-refractivity contribution in [2.75, 3.05) is 0 Å². The van der Waals surface area contributed by atoms with E-state index in [1.165, 1.54) is 16.7 Å². The van der Waals surface area contributed by atoms with E-state index in [1.807, 2.05) is 13.8 Å². The molecule has 0 saturated heterocycles. The number of aromatic hydroxyl groups is 1. The maximum atomic E-state index is 15.3. The van der Waals surface area contributed by atoms with Crippen molar-refractivity contribution in [3.05, 3.63) is 75.6 Å². The molecular weight excluding hydrogens is 456 g/mol. The molecule has 3 N–H and O–H groups in total. The minimum atomic E-state index is -0.933.